The van der Waals surface area contributed by atoms with E-state index in [4.69, 9.17) is 14.8 Å². The predicted molar refractivity (Wildman–Crippen MR) is 161 cm³/mol. The molecule has 2 aromatic heterocycles. The van der Waals surface area contributed by atoms with Gasteiger partial charge in [0.1, 0.15) is 0 Å². The molecule has 0 saturated carbocycles. The summed E-state index contributed by atoms with van der Waals surface area (Å²) in [6.45, 7) is 5.83. The molecule has 41 heavy (non-hydrogen) atoms. The molecular weight excluding hydrogens is 532 g/mol. The van der Waals surface area contributed by atoms with Crippen molar-refractivity contribution in [2.75, 3.05) is 6.61 Å². The molecule has 0 N–H and O–H groups in total. The van der Waals surface area contributed by atoms with Gasteiger partial charge < -0.3 is 4.74 Å². The molecule has 0 aliphatic carbocycles. The standard InChI is InChI=1S/C33H28N4O3S/c1-4-40-32(39)28-22(3)34-33-37(30(28)24-11-7-5-8-12-24)31(38)27(41-33)19-25-20-36(26-13-9-6-10-14-26)35-29(25)23-17-15-21(2)16-18-23/h5-20,30H,4H2,1-3H3. The van der Waals surface area contributed by atoms with E-state index in [2.05, 4.69) is 0 Å². The maximum absolute atomic E-state index is 14.1. The molecule has 8 heteroatoms. The van der Waals surface area contributed by atoms with Gasteiger partial charge in [0.25, 0.3) is 5.56 Å². The van der Waals surface area contributed by atoms with E-state index in [9.17, 15) is 9.59 Å². The fourth-order valence-corrected chi connectivity index (χ4v) is 6.06. The molecular formula is C33H28N4O3S. The Kier molecular flexibility index (Phi) is 7.07. The summed E-state index contributed by atoms with van der Waals surface area (Å²) >= 11 is 1.30. The highest BCUT2D eigenvalue weighted by Crippen LogP contribution is 2.31. The minimum absolute atomic E-state index is 0.223. The van der Waals surface area contributed by atoms with Crippen LogP contribution >= 0.6 is 11.3 Å². The SMILES string of the molecule is CCOC(=O)C1=C(C)N=c2sc(=Cc3cn(-c4ccccc4)nc3-c3ccc(C)cc3)c(=O)n2C1c1ccccc1. The van der Waals surface area contributed by atoms with Crippen LogP contribution in [0.1, 0.15) is 36.6 Å². The van der Waals surface area contributed by atoms with Gasteiger partial charge in [-0.25, -0.2) is 14.5 Å². The second kappa shape index (κ2) is 11.0. The van der Waals surface area contributed by atoms with Crippen molar-refractivity contribution in [3.8, 4) is 16.9 Å². The van der Waals surface area contributed by atoms with E-state index in [0.29, 0.717) is 20.6 Å². The first kappa shape index (κ1) is 26.4. The molecule has 1 unspecified atom stereocenters. The lowest BCUT2D eigenvalue weighted by Gasteiger charge is -2.24. The van der Waals surface area contributed by atoms with Crippen molar-refractivity contribution in [1.82, 2.24) is 14.3 Å². The third-order valence-corrected chi connectivity index (χ3v) is 7.99. The summed E-state index contributed by atoms with van der Waals surface area (Å²) < 4.78 is 9.33. The molecule has 0 fully saturated rings. The number of esters is 1. The highest BCUT2D eigenvalue weighted by atomic mass is 32.1. The normalized spacial score (nSPS) is 15.0. The van der Waals surface area contributed by atoms with Crippen molar-refractivity contribution in [1.29, 1.82) is 0 Å². The van der Waals surface area contributed by atoms with Crippen molar-refractivity contribution >= 4 is 23.4 Å². The summed E-state index contributed by atoms with van der Waals surface area (Å²) in [7, 11) is 0. The third kappa shape index (κ3) is 4.98. The number of carbonyl (C=O) groups excluding carboxylic acids is 1. The molecule has 204 valence electrons. The Morgan fingerprint density at radius 2 is 1.66 bits per heavy atom. The smallest absolute Gasteiger partial charge is 0.338 e. The zero-order valence-electron chi connectivity index (χ0n) is 22.9. The molecule has 6 rings (SSSR count). The van der Waals surface area contributed by atoms with Crippen molar-refractivity contribution in [2.45, 2.75) is 26.8 Å². The molecule has 7 nitrogen and oxygen atoms in total. The Hall–Kier alpha value is -4.82. The van der Waals surface area contributed by atoms with Crippen LogP contribution in [-0.2, 0) is 9.53 Å². The van der Waals surface area contributed by atoms with Gasteiger partial charge in [-0.2, -0.15) is 5.10 Å². The lowest BCUT2D eigenvalue weighted by atomic mass is 9.96. The predicted octanol–water partition coefficient (Wildman–Crippen LogP) is 4.96. The summed E-state index contributed by atoms with van der Waals surface area (Å²) in [5.74, 6) is -0.470. The van der Waals surface area contributed by atoms with E-state index in [1.54, 1.807) is 18.4 Å². The molecule has 0 spiro atoms. The maximum Gasteiger partial charge on any atom is 0.338 e. The molecule has 5 aromatic rings. The Labute approximate surface area is 241 Å². The molecule has 0 amide bonds. The van der Waals surface area contributed by atoms with Crippen molar-refractivity contribution in [3.05, 3.63) is 139 Å². The number of hydrogen-bond donors (Lipinski definition) is 0. The van der Waals surface area contributed by atoms with Gasteiger partial charge in [-0.15, -0.1) is 0 Å². The van der Waals surface area contributed by atoms with Gasteiger partial charge in [-0.05, 0) is 44.5 Å². The highest BCUT2D eigenvalue weighted by molar-refractivity contribution is 7.07. The number of aryl methyl sites for hydroxylation is 1. The quantitative estimate of drug-likeness (QED) is 0.275. The Balaban J connectivity index is 1.56. The number of nitrogens with zero attached hydrogens (tertiary/aromatic N) is 4. The molecule has 1 atom stereocenters. The van der Waals surface area contributed by atoms with Gasteiger partial charge in [0, 0.05) is 17.3 Å². The van der Waals surface area contributed by atoms with Crippen LogP contribution in [0.4, 0.5) is 0 Å². The number of hydrogen-bond acceptors (Lipinski definition) is 6. The zero-order valence-corrected chi connectivity index (χ0v) is 23.8. The van der Waals surface area contributed by atoms with Crippen molar-refractivity contribution < 1.29 is 9.53 Å². The first-order chi connectivity index (χ1) is 19.9. The van der Waals surface area contributed by atoms with Crippen LogP contribution in [0.15, 0.2) is 112 Å². The molecule has 0 radical (unpaired) electrons. The van der Waals surface area contributed by atoms with Crippen LogP contribution in [0.3, 0.4) is 0 Å². The number of para-hydroxylation sites is 1. The number of benzene rings is 3. The lowest BCUT2D eigenvalue weighted by molar-refractivity contribution is -0.139. The topological polar surface area (TPSA) is 78.5 Å². The Morgan fingerprint density at radius 1 is 0.976 bits per heavy atom. The molecule has 0 bridgehead atoms. The molecule has 1 aliphatic heterocycles. The van der Waals surface area contributed by atoms with Crippen LogP contribution in [-0.4, -0.2) is 26.9 Å². The Bertz CT molecular complexity index is 1950. The summed E-state index contributed by atoms with van der Waals surface area (Å²) in [4.78, 5) is 32.4. The number of aromatic nitrogens is 3. The number of fused-ring (bicyclic) bond motifs is 1. The summed E-state index contributed by atoms with van der Waals surface area (Å²) in [6.07, 6.45) is 3.81. The molecule has 3 heterocycles. The van der Waals surface area contributed by atoms with Gasteiger partial charge in [0.2, 0.25) is 0 Å². The Morgan fingerprint density at radius 3 is 2.34 bits per heavy atom. The average Bonchev–Trinajstić information content (AvgIpc) is 3.54. The van der Waals surface area contributed by atoms with Gasteiger partial charge in [0.15, 0.2) is 4.80 Å². The van der Waals surface area contributed by atoms with E-state index in [1.807, 2.05) is 109 Å². The number of rotatable bonds is 6. The van der Waals surface area contributed by atoms with E-state index >= 15 is 0 Å². The first-order valence-corrected chi connectivity index (χ1v) is 14.2. The second-order valence-electron chi connectivity index (χ2n) is 9.79. The number of allylic oxidation sites excluding steroid dienone is 1. The van der Waals surface area contributed by atoms with Crippen LogP contribution in [0.25, 0.3) is 23.0 Å². The molecule has 0 saturated heterocycles. The van der Waals surface area contributed by atoms with E-state index in [1.165, 1.54) is 11.3 Å². The average molecular weight is 561 g/mol. The first-order valence-electron chi connectivity index (χ1n) is 13.4. The summed E-state index contributed by atoms with van der Waals surface area (Å²) in [6, 6.07) is 26.9. The zero-order chi connectivity index (χ0) is 28.5. The largest absolute Gasteiger partial charge is 0.463 e. The highest BCUT2D eigenvalue weighted by Gasteiger charge is 2.33. The number of thiazole rings is 1. The van der Waals surface area contributed by atoms with Crippen molar-refractivity contribution in [3.63, 3.8) is 0 Å². The van der Waals surface area contributed by atoms with E-state index in [0.717, 1.165) is 33.6 Å². The minimum atomic E-state index is -0.641. The van der Waals surface area contributed by atoms with E-state index < -0.39 is 12.0 Å². The second-order valence-corrected chi connectivity index (χ2v) is 10.8. The van der Waals surface area contributed by atoms with Crippen LogP contribution < -0.4 is 14.9 Å². The fraction of sp³-hybridized carbons (Fsp3) is 0.152. The van der Waals surface area contributed by atoms with E-state index in [-0.39, 0.29) is 12.2 Å². The minimum Gasteiger partial charge on any atom is -0.463 e. The fourth-order valence-electron chi connectivity index (χ4n) is 5.03. The third-order valence-electron chi connectivity index (χ3n) is 7.01. The monoisotopic (exact) mass is 560 g/mol. The number of ether oxygens (including phenoxy) is 1. The van der Waals surface area contributed by atoms with Gasteiger partial charge in [-0.3, -0.25) is 9.36 Å². The van der Waals surface area contributed by atoms with Gasteiger partial charge in [0.05, 0.1) is 39.8 Å². The lowest BCUT2D eigenvalue weighted by Crippen LogP contribution is -2.39. The summed E-state index contributed by atoms with van der Waals surface area (Å²) in [5.41, 5.74) is 6.10. The van der Waals surface area contributed by atoms with Gasteiger partial charge in [-0.1, -0.05) is 89.7 Å². The van der Waals surface area contributed by atoms with Crippen LogP contribution in [0.2, 0.25) is 0 Å². The number of carbonyl (C=O) groups is 1. The molecule has 3 aromatic carbocycles. The van der Waals surface area contributed by atoms with Crippen molar-refractivity contribution in [2.24, 2.45) is 4.99 Å². The molecule has 1 aliphatic rings. The summed E-state index contributed by atoms with van der Waals surface area (Å²) in [5, 5.41) is 4.91. The maximum atomic E-state index is 14.1. The van der Waals surface area contributed by atoms with Crippen LogP contribution in [0, 0.1) is 6.92 Å². The van der Waals surface area contributed by atoms with Crippen LogP contribution in [0.5, 0.6) is 0 Å². The van der Waals surface area contributed by atoms with Gasteiger partial charge >= 0.3 is 5.97 Å².